The lowest BCUT2D eigenvalue weighted by Crippen LogP contribution is -2.37. The Morgan fingerprint density at radius 2 is 1.82 bits per heavy atom. The summed E-state index contributed by atoms with van der Waals surface area (Å²) in [4.78, 5) is 19.0. The molecule has 0 amide bonds. The number of hydrogen-bond acceptors (Lipinski definition) is 8. The lowest BCUT2D eigenvalue weighted by molar-refractivity contribution is 0.122. The summed E-state index contributed by atoms with van der Waals surface area (Å²) in [5, 5.41) is 12.0. The van der Waals surface area contributed by atoms with Crippen molar-refractivity contribution < 1.29 is 18.6 Å². The quantitative estimate of drug-likeness (QED) is 0.650. The SMILES string of the molecule is OCCNc1nc(N2CCOCC2)nc(-n2c(C(F)F)nc3ccccc32)n1. The Kier molecular flexibility index (Phi) is 5.26. The van der Waals surface area contributed by atoms with E-state index in [2.05, 4.69) is 25.3 Å². The van der Waals surface area contributed by atoms with Crippen molar-refractivity contribution in [1.29, 1.82) is 0 Å². The second kappa shape index (κ2) is 7.98. The molecule has 11 heteroatoms. The largest absolute Gasteiger partial charge is 0.395 e. The fraction of sp³-hybridized carbons (Fsp3) is 0.412. The van der Waals surface area contributed by atoms with Crippen LogP contribution in [-0.2, 0) is 4.74 Å². The molecule has 3 aromatic rings. The molecular weight excluding hydrogens is 372 g/mol. The number of morpholine rings is 1. The number of anilines is 2. The highest BCUT2D eigenvalue weighted by Gasteiger charge is 2.24. The molecule has 148 valence electrons. The van der Waals surface area contributed by atoms with Crippen LogP contribution in [0.15, 0.2) is 24.3 Å². The number of para-hydroxylation sites is 2. The average molecular weight is 391 g/mol. The van der Waals surface area contributed by atoms with E-state index in [9.17, 15) is 8.78 Å². The van der Waals surface area contributed by atoms with E-state index in [-0.39, 0.29) is 25.0 Å². The summed E-state index contributed by atoms with van der Waals surface area (Å²) in [7, 11) is 0. The molecule has 0 radical (unpaired) electrons. The van der Waals surface area contributed by atoms with Gasteiger partial charge in [-0.3, -0.25) is 4.57 Å². The van der Waals surface area contributed by atoms with Crippen molar-refractivity contribution in [2.75, 3.05) is 49.7 Å². The van der Waals surface area contributed by atoms with Crippen molar-refractivity contribution in [3.05, 3.63) is 30.1 Å². The number of nitrogens with zero attached hydrogens (tertiary/aromatic N) is 6. The molecule has 0 aliphatic carbocycles. The standard InChI is InChI=1S/C17H19F2N7O2/c18-13(19)14-21-11-3-1-2-4-12(11)26(14)17-23-15(20-5-8-27)22-16(24-17)25-6-9-28-10-7-25/h1-4,13,27H,5-10H2,(H,20,22,23,24). The number of fused-ring (bicyclic) bond motifs is 1. The minimum atomic E-state index is -2.80. The molecule has 0 unspecified atom stereocenters. The van der Waals surface area contributed by atoms with Gasteiger partial charge in [0.15, 0.2) is 5.82 Å². The first-order chi connectivity index (χ1) is 13.7. The molecule has 0 saturated carbocycles. The van der Waals surface area contributed by atoms with Gasteiger partial charge in [0, 0.05) is 19.6 Å². The Balaban J connectivity index is 1.86. The molecule has 1 aliphatic rings. The normalized spacial score (nSPS) is 14.8. The molecule has 9 nitrogen and oxygen atoms in total. The summed E-state index contributed by atoms with van der Waals surface area (Å²) in [5.41, 5.74) is 0.904. The number of aliphatic hydroxyl groups excluding tert-OH is 1. The Labute approximate surface area is 159 Å². The smallest absolute Gasteiger partial charge is 0.296 e. The van der Waals surface area contributed by atoms with Gasteiger partial charge in [-0.2, -0.15) is 15.0 Å². The summed E-state index contributed by atoms with van der Waals surface area (Å²) in [6.07, 6.45) is -2.80. The molecule has 1 fully saturated rings. The van der Waals surface area contributed by atoms with E-state index in [1.165, 1.54) is 4.57 Å². The molecule has 0 bridgehead atoms. The number of halogens is 2. The summed E-state index contributed by atoms with van der Waals surface area (Å²) in [5.74, 6) is 0.152. The van der Waals surface area contributed by atoms with Crippen molar-refractivity contribution in [3.63, 3.8) is 0 Å². The first-order valence-corrected chi connectivity index (χ1v) is 8.87. The van der Waals surface area contributed by atoms with Crippen LogP contribution in [-0.4, -0.2) is 69.1 Å². The van der Waals surface area contributed by atoms with Crippen LogP contribution in [0.3, 0.4) is 0 Å². The van der Waals surface area contributed by atoms with Gasteiger partial charge in [0.25, 0.3) is 6.43 Å². The second-order valence-corrected chi connectivity index (χ2v) is 6.10. The summed E-state index contributed by atoms with van der Waals surface area (Å²) in [6, 6.07) is 6.82. The number of rotatable bonds is 6. The Morgan fingerprint density at radius 3 is 2.57 bits per heavy atom. The van der Waals surface area contributed by atoms with Gasteiger partial charge >= 0.3 is 0 Å². The van der Waals surface area contributed by atoms with E-state index >= 15 is 0 Å². The van der Waals surface area contributed by atoms with Crippen LogP contribution in [0.2, 0.25) is 0 Å². The van der Waals surface area contributed by atoms with Crippen LogP contribution in [0.4, 0.5) is 20.7 Å². The molecule has 1 saturated heterocycles. The average Bonchev–Trinajstić information content (AvgIpc) is 3.13. The molecule has 0 spiro atoms. The van der Waals surface area contributed by atoms with E-state index < -0.39 is 12.2 Å². The predicted molar refractivity (Wildman–Crippen MR) is 98.0 cm³/mol. The van der Waals surface area contributed by atoms with Gasteiger partial charge in [-0.1, -0.05) is 12.1 Å². The van der Waals surface area contributed by atoms with Gasteiger partial charge < -0.3 is 20.1 Å². The molecular formula is C17H19F2N7O2. The summed E-state index contributed by atoms with van der Waals surface area (Å²) in [6.45, 7) is 2.31. The van der Waals surface area contributed by atoms with Crippen LogP contribution >= 0.6 is 0 Å². The van der Waals surface area contributed by atoms with Gasteiger partial charge in [0.2, 0.25) is 17.8 Å². The third kappa shape index (κ3) is 3.58. The van der Waals surface area contributed by atoms with Crippen molar-refractivity contribution in [3.8, 4) is 5.95 Å². The van der Waals surface area contributed by atoms with Gasteiger partial charge in [-0.15, -0.1) is 0 Å². The zero-order chi connectivity index (χ0) is 19.5. The van der Waals surface area contributed by atoms with E-state index in [4.69, 9.17) is 9.84 Å². The molecule has 1 aromatic carbocycles. The summed E-state index contributed by atoms with van der Waals surface area (Å²) >= 11 is 0. The highest BCUT2D eigenvalue weighted by Crippen LogP contribution is 2.27. The number of hydrogen-bond donors (Lipinski definition) is 2. The van der Waals surface area contributed by atoms with E-state index in [1.54, 1.807) is 24.3 Å². The third-order valence-electron chi connectivity index (χ3n) is 4.28. The van der Waals surface area contributed by atoms with Crippen LogP contribution in [0.25, 0.3) is 17.0 Å². The molecule has 1 aliphatic heterocycles. The number of alkyl halides is 2. The highest BCUT2D eigenvalue weighted by atomic mass is 19.3. The van der Waals surface area contributed by atoms with Crippen molar-refractivity contribution in [2.24, 2.45) is 0 Å². The topological polar surface area (TPSA) is 101 Å². The first kappa shape index (κ1) is 18.4. The third-order valence-corrected chi connectivity index (χ3v) is 4.28. The van der Waals surface area contributed by atoms with E-state index in [0.717, 1.165) is 0 Å². The van der Waals surface area contributed by atoms with E-state index in [1.807, 2.05) is 4.90 Å². The number of benzene rings is 1. The maximum Gasteiger partial charge on any atom is 0.296 e. The van der Waals surface area contributed by atoms with Gasteiger partial charge in [0.1, 0.15) is 0 Å². The lowest BCUT2D eigenvalue weighted by Gasteiger charge is -2.27. The monoisotopic (exact) mass is 391 g/mol. The van der Waals surface area contributed by atoms with Crippen LogP contribution in [0.5, 0.6) is 0 Å². The fourth-order valence-corrected chi connectivity index (χ4v) is 3.01. The molecule has 2 N–H and O–H groups in total. The highest BCUT2D eigenvalue weighted by molar-refractivity contribution is 5.77. The Bertz CT molecular complexity index is 960. The number of ether oxygens (including phenoxy) is 1. The molecule has 28 heavy (non-hydrogen) atoms. The molecule has 2 aromatic heterocycles. The molecule has 3 heterocycles. The first-order valence-electron chi connectivity index (χ1n) is 8.87. The van der Waals surface area contributed by atoms with Gasteiger partial charge in [0.05, 0.1) is 30.9 Å². The van der Waals surface area contributed by atoms with Crippen molar-refractivity contribution in [1.82, 2.24) is 24.5 Å². The van der Waals surface area contributed by atoms with Gasteiger partial charge in [-0.25, -0.2) is 13.8 Å². The van der Waals surface area contributed by atoms with Crippen LogP contribution in [0, 0.1) is 0 Å². The fourth-order valence-electron chi connectivity index (χ4n) is 3.01. The number of aromatic nitrogens is 5. The van der Waals surface area contributed by atoms with Crippen LogP contribution in [0.1, 0.15) is 12.2 Å². The van der Waals surface area contributed by atoms with Gasteiger partial charge in [-0.05, 0) is 12.1 Å². The molecule has 4 rings (SSSR count). The van der Waals surface area contributed by atoms with Crippen molar-refractivity contribution in [2.45, 2.75) is 6.43 Å². The summed E-state index contributed by atoms with van der Waals surface area (Å²) < 4.78 is 34.0. The zero-order valence-corrected chi connectivity index (χ0v) is 14.9. The number of imidazole rings is 1. The maximum atomic E-state index is 13.7. The predicted octanol–water partition coefficient (Wildman–Crippen LogP) is 1.39. The number of aliphatic hydroxyl groups is 1. The van der Waals surface area contributed by atoms with Crippen LogP contribution < -0.4 is 10.2 Å². The lowest BCUT2D eigenvalue weighted by atomic mass is 10.3. The zero-order valence-electron chi connectivity index (χ0n) is 14.9. The minimum Gasteiger partial charge on any atom is -0.395 e. The second-order valence-electron chi connectivity index (χ2n) is 6.10. The Morgan fingerprint density at radius 1 is 1.07 bits per heavy atom. The minimum absolute atomic E-state index is 0.0425. The van der Waals surface area contributed by atoms with Crippen molar-refractivity contribution >= 4 is 22.9 Å². The maximum absolute atomic E-state index is 13.7. The van der Waals surface area contributed by atoms with E-state index in [0.29, 0.717) is 43.3 Å². The Hall–Kier alpha value is -2.92. The number of nitrogens with one attached hydrogen (secondary N) is 1. The molecule has 0 atom stereocenters.